The van der Waals surface area contributed by atoms with Crippen LogP contribution in [0.1, 0.15) is 12.5 Å². The predicted octanol–water partition coefficient (Wildman–Crippen LogP) is 1.87. The van der Waals surface area contributed by atoms with Gasteiger partial charge in [-0.25, -0.2) is 4.98 Å². The summed E-state index contributed by atoms with van der Waals surface area (Å²) in [4.78, 5) is 3.97. The molecule has 0 amide bonds. The summed E-state index contributed by atoms with van der Waals surface area (Å²) in [5.74, 6) is 0.269. The van der Waals surface area contributed by atoms with E-state index in [1.807, 2.05) is 19.1 Å². The second-order valence-electron chi connectivity index (χ2n) is 3.37. The Balaban J connectivity index is 0.00000196. The molecule has 0 spiro atoms. The molecule has 15 heavy (non-hydrogen) atoms. The molecule has 0 fully saturated rings. The summed E-state index contributed by atoms with van der Waals surface area (Å²) in [5, 5.41) is 12.6. The fraction of sp³-hybridized carbons (Fsp3) is 0.500. The van der Waals surface area contributed by atoms with Gasteiger partial charge in [0, 0.05) is 31.5 Å². The van der Waals surface area contributed by atoms with Crippen molar-refractivity contribution in [3.63, 3.8) is 0 Å². The number of nitrogens with zero attached hydrogens (tertiary/aromatic N) is 1. The summed E-state index contributed by atoms with van der Waals surface area (Å²) in [5.41, 5.74) is 0.985. The van der Waals surface area contributed by atoms with E-state index in [2.05, 4.69) is 10.3 Å². The minimum atomic E-state index is 0. The normalized spacial score (nSPS) is 11.9. The molecule has 0 bridgehead atoms. The molecule has 0 saturated heterocycles. The molecule has 0 aromatic carbocycles. The molecule has 3 nitrogen and oxygen atoms in total. The number of halogens is 2. The van der Waals surface area contributed by atoms with Gasteiger partial charge >= 0.3 is 0 Å². The summed E-state index contributed by atoms with van der Waals surface area (Å²) in [7, 11) is 0. The molecule has 1 atom stereocenters. The number of hydrogen-bond donors (Lipinski definition) is 2. The first-order chi connectivity index (χ1) is 6.74. The van der Waals surface area contributed by atoms with Crippen LogP contribution in [-0.4, -0.2) is 23.2 Å². The van der Waals surface area contributed by atoms with Gasteiger partial charge in [-0.1, -0.05) is 24.6 Å². The fourth-order valence-electron chi connectivity index (χ4n) is 1.07. The number of rotatable bonds is 5. The third-order valence-corrected chi connectivity index (χ3v) is 2.30. The summed E-state index contributed by atoms with van der Waals surface area (Å²) in [6.45, 7) is 3.66. The smallest absolute Gasteiger partial charge is 0.133 e. The average molecular weight is 251 g/mol. The Hall–Kier alpha value is -0.350. The maximum atomic E-state index is 8.81. The highest BCUT2D eigenvalue weighted by molar-refractivity contribution is 6.30. The summed E-state index contributed by atoms with van der Waals surface area (Å²) in [6, 6.07) is 3.80. The lowest BCUT2D eigenvalue weighted by atomic mass is 10.2. The number of aliphatic hydroxyl groups excluding tert-OH is 1. The van der Waals surface area contributed by atoms with E-state index in [1.54, 1.807) is 6.20 Å². The van der Waals surface area contributed by atoms with Gasteiger partial charge in [0.2, 0.25) is 0 Å². The van der Waals surface area contributed by atoms with Gasteiger partial charge in [-0.05, 0) is 12.0 Å². The highest BCUT2D eigenvalue weighted by Crippen LogP contribution is 2.10. The van der Waals surface area contributed by atoms with Crippen molar-refractivity contribution in [2.24, 2.45) is 5.92 Å². The van der Waals surface area contributed by atoms with Crippen LogP contribution in [0.15, 0.2) is 18.3 Å². The number of aromatic nitrogens is 1. The molecule has 0 aliphatic heterocycles. The molecular formula is C10H16Cl2N2O. The van der Waals surface area contributed by atoms with Crippen LogP contribution in [0, 0.1) is 5.92 Å². The van der Waals surface area contributed by atoms with E-state index in [-0.39, 0.29) is 24.9 Å². The van der Waals surface area contributed by atoms with Crippen LogP contribution in [0.5, 0.6) is 0 Å². The maximum Gasteiger partial charge on any atom is 0.133 e. The molecule has 1 aromatic heterocycles. The molecule has 86 valence electrons. The van der Waals surface area contributed by atoms with E-state index in [4.69, 9.17) is 16.7 Å². The van der Waals surface area contributed by atoms with E-state index in [1.165, 1.54) is 0 Å². The van der Waals surface area contributed by atoms with Gasteiger partial charge in [0.05, 0.1) is 0 Å². The Morgan fingerprint density at radius 3 is 2.93 bits per heavy atom. The van der Waals surface area contributed by atoms with Crippen molar-refractivity contribution in [1.29, 1.82) is 0 Å². The Morgan fingerprint density at radius 2 is 2.33 bits per heavy atom. The number of pyridine rings is 1. The second kappa shape index (κ2) is 7.88. The van der Waals surface area contributed by atoms with E-state index in [0.29, 0.717) is 11.7 Å². The zero-order valence-electron chi connectivity index (χ0n) is 8.61. The van der Waals surface area contributed by atoms with Gasteiger partial charge < -0.3 is 10.4 Å². The van der Waals surface area contributed by atoms with Crippen LogP contribution in [0.25, 0.3) is 0 Å². The van der Waals surface area contributed by atoms with Crippen molar-refractivity contribution < 1.29 is 5.11 Å². The number of nitrogens with one attached hydrogen (secondary N) is 1. The quantitative estimate of drug-likeness (QED) is 0.785. The van der Waals surface area contributed by atoms with Crippen LogP contribution < -0.4 is 5.32 Å². The largest absolute Gasteiger partial charge is 0.396 e. The molecule has 0 radical (unpaired) electrons. The van der Waals surface area contributed by atoms with Gasteiger partial charge in [-0.2, -0.15) is 0 Å². The molecule has 1 unspecified atom stereocenters. The van der Waals surface area contributed by atoms with E-state index >= 15 is 0 Å². The zero-order valence-corrected chi connectivity index (χ0v) is 10.2. The third-order valence-electron chi connectivity index (χ3n) is 1.96. The first kappa shape index (κ1) is 14.6. The van der Waals surface area contributed by atoms with E-state index in [0.717, 1.165) is 12.1 Å². The van der Waals surface area contributed by atoms with Gasteiger partial charge in [0.1, 0.15) is 5.15 Å². The van der Waals surface area contributed by atoms with Gasteiger partial charge in [-0.3, -0.25) is 0 Å². The highest BCUT2D eigenvalue weighted by Gasteiger charge is 2.01. The third kappa shape index (κ3) is 5.33. The van der Waals surface area contributed by atoms with Crippen LogP contribution >= 0.6 is 24.0 Å². The molecule has 0 aliphatic carbocycles. The SMILES string of the molecule is CC(CO)CNCc1cccnc1Cl.Cl. The van der Waals surface area contributed by atoms with Gasteiger partial charge in [0.15, 0.2) is 0 Å². The average Bonchev–Trinajstić information content (AvgIpc) is 2.20. The van der Waals surface area contributed by atoms with Gasteiger partial charge in [-0.15, -0.1) is 12.4 Å². The van der Waals surface area contributed by atoms with Crippen molar-refractivity contribution in [1.82, 2.24) is 10.3 Å². The van der Waals surface area contributed by atoms with Crippen LogP contribution in [0.4, 0.5) is 0 Å². The zero-order chi connectivity index (χ0) is 10.4. The lowest BCUT2D eigenvalue weighted by Crippen LogP contribution is -2.22. The van der Waals surface area contributed by atoms with Crippen molar-refractivity contribution in [3.05, 3.63) is 29.0 Å². The topological polar surface area (TPSA) is 45.1 Å². The number of aliphatic hydroxyl groups is 1. The fourth-order valence-corrected chi connectivity index (χ4v) is 1.26. The predicted molar refractivity (Wildman–Crippen MR) is 64.5 cm³/mol. The van der Waals surface area contributed by atoms with Crippen molar-refractivity contribution in [2.45, 2.75) is 13.5 Å². The monoisotopic (exact) mass is 250 g/mol. The van der Waals surface area contributed by atoms with Crippen LogP contribution in [-0.2, 0) is 6.54 Å². The molecule has 1 heterocycles. The lowest BCUT2D eigenvalue weighted by Gasteiger charge is -2.09. The van der Waals surface area contributed by atoms with Gasteiger partial charge in [0.25, 0.3) is 0 Å². The maximum absolute atomic E-state index is 8.81. The van der Waals surface area contributed by atoms with E-state index in [9.17, 15) is 0 Å². The minimum Gasteiger partial charge on any atom is -0.396 e. The molecule has 0 saturated carbocycles. The molecule has 0 aliphatic rings. The molecule has 5 heteroatoms. The molecule has 1 rings (SSSR count). The highest BCUT2D eigenvalue weighted by atomic mass is 35.5. The van der Waals surface area contributed by atoms with Crippen molar-refractivity contribution in [3.8, 4) is 0 Å². The second-order valence-corrected chi connectivity index (χ2v) is 3.73. The number of hydrogen-bond acceptors (Lipinski definition) is 3. The molecular weight excluding hydrogens is 235 g/mol. The minimum absolute atomic E-state index is 0. The van der Waals surface area contributed by atoms with Crippen molar-refractivity contribution >= 4 is 24.0 Å². The molecule has 2 N–H and O–H groups in total. The molecule has 1 aromatic rings. The Kier molecular flexibility index (Phi) is 7.70. The Labute approximate surface area is 101 Å². The van der Waals surface area contributed by atoms with Crippen LogP contribution in [0.2, 0.25) is 5.15 Å². The standard InChI is InChI=1S/C10H15ClN2O.ClH/c1-8(7-14)5-12-6-9-3-2-4-13-10(9)11;/h2-4,8,12,14H,5-7H2,1H3;1H. The summed E-state index contributed by atoms with van der Waals surface area (Å²) in [6.07, 6.45) is 1.67. The first-order valence-corrected chi connectivity index (χ1v) is 5.02. The summed E-state index contributed by atoms with van der Waals surface area (Å²) < 4.78 is 0. The van der Waals surface area contributed by atoms with E-state index < -0.39 is 0 Å². The summed E-state index contributed by atoms with van der Waals surface area (Å²) >= 11 is 5.87. The Morgan fingerprint density at radius 1 is 1.60 bits per heavy atom. The Bertz CT molecular complexity index is 284. The lowest BCUT2D eigenvalue weighted by molar-refractivity contribution is 0.233. The first-order valence-electron chi connectivity index (χ1n) is 4.65. The van der Waals surface area contributed by atoms with Crippen LogP contribution in [0.3, 0.4) is 0 Å². The van der Waals surface area contributed by atoms with Crippen molar-refractivity contribution in [2.75, 3.05) is 13.2 Å².